The highest BCUT2D eigenvalue weighted by molar-refractivity contribution is 5.82. The highest BCUT2D eigenvalue weighted by Gasteiger charge is 2.50. The molecule has 25 heavy (non-hydrogen) atoms. The van der Waals surface area contributed by atoms with E-state index < -0.39 is 0 Å². The molecule has 0 saturated carbocycles. The van der Waals surface area contributed by atoms with Gasteiger partial charge in [-0.1, -0.05) is 39.0 Å². The van der Waals surface area contributed by atoms with Crippen molar-refractivity contribution in [1.29, 1.82) is 0 Å². The van der Waals surface area contributed by atoms with E-state index in [9.17, 15) is 9.90 Å². The number of aliphatic hydroxyl groups excluding tert-OH is 2. The maximum absolute atomic E-state index is 12.2. The first-order chi connectivity index (χ1) is 11.7. The molecule has 3 atom stereocenters. The van der Waals surface area contributed by atoms with E-state index in [1.54, 1.807) is 6.08 Å². The molecule has 1 aliphatic rings. The summed E-state index contributed by atoms with van der Waals surface area (Å²) in [6.07, 6.45) is 6.82. The van der Waals surface area contributed by atoms with Gasteiger partial charge in [0, 0.05) is 12.3 Å². The monoisotopic (exact) mass is 352 g/mol. The highest BCUT2D eigenvalue weighted by Crippen LogP contribution is 2.44. The number of hydrogen-bond donors (Lipinski definition) is 2. The van der Waals surface area contributed by atoms with Crippen LogP contribution >= 0.6 is 0 Å². The third-order valence-electron chi connectivity index (χ3n) is 5.42. The first-order valence-corrected chi connectivity index (χ1v) is 9.51. The quantitative estimate of drug-likeness (QED) is 0.390. The number of Topliss-reactive ketones (excluding diaryl/α,β-unsaturated/α-hetero) is 1. The molecule has 1 saturated heterocycles. The number of rotatable bonds is 13. The topological polar surface area (TPSA) is 70.1 Å². The van der Waals surface area contributed by atoms with Crippen molar-refractivity contribution in [2.24, 2.45) is 11.8 Å². The summed E-state index contributed by atoms with van der Waals surface area (Å²) in [5.74, 6) is 0.725. The second-order valence-corrected chi connectivity index (χ2v) is 7.91. The van der Waals surface area contributed by atoms with Crippen LogP contribution in [0.1, 0.15) is 66.2 Å². The van der Waals surface area contributed by atoms with Gasteiger partial charge in [-0.25, -0.2) is 0 Å². The van der Waals surface area contributed by atoms with Gasteiger partial charge in [0.05, 0.1) is 24.9 Å². The third-order valence-corrected chi connectivity index (χ3v) is 5.42. The molecular formula is C21H36O4. The summed E-state index contributed by atoms with van der Waals surface area (Å²) in [6, 6.07) is 0. The normalized spacial score (nSPS) is 24.4. The van der Waals surface area contributed by atoms with Gasteiger partial charge in [0.1, 0.15) is 5.78 Å². The Hall–Kier alpha value is -0.970. The average Bonchev–Trinajstić information content (AvgIpc) is 3.21. The fraction of sp³-hybridized carbons (Fsp3) is 0.762. The van der Waals surface area contributed by atoms with Gasteiger partial charge in [-0.3, -0.25) is 4.79 Å². The number of hydrogen-bond acceptors (Lipinski definition) is 4. The van der Waals surface area contributed by atoms with E-state index in [0.717, 1.165) is 43.3 Å². The van der Waals surface area contributed by atoms with E-state index in [4.69, 9.17) is 9.84 Å². The van der Waals surface area contributed by atoms with Crippen molar-refractivity contribution in [3.63, 3.8) is 0 Å². The first-order valence-electron chi connectivity index (χ1n) is 9.51. The number of epoxide rings is 1. The average molecular weight is 353 g/mol. The maximum Gasteiger partial charge on any atom is 0.139 e. The fourth-order valence-corrected chi connectivity index (χ4v) is 3.09. The summed E-state index contributed by atoms with van der Waals surface area (Å²) in [7, 11) is 0. The zero-order valence-corrected chi connectivity index (χ0v) is 16.4. The van der Waals surface area contributed by atoms with Crippen molar-refractivity contribution in [3.8, 4) is 0 Å². The number of carbonyl (C=O) groups excluding carboxylic acids is 1. The van der Waals surface area contributed by atoms with Crippen molar-refractivity contribution in [3.05, 3.63) is 23.8 Å². The van der Waals surface area contributed by atoms with Crippen LogP contribution in [-0.2, 0) is 9.53 Å². The Labute approximate surface area is 153 Å². The van der Waals surface area contributed by atoms with Crippen LogP contribution in [-0.4, -0.2) is 40.9 Å². The number of ketones is 1. The maximum atomic E-state index is 12.2. The van der Waals surface area contributed by atoms with Gasteiger partial charge in [0.2, 0.25) is 0 Å². The minimum absolute atomic E-state index is 0.00864. The van der Waals surface area contributed by atoms with Crippen molar-refractivity contribution < 1.29 is 19.7 Å². The van der Waals surface area contributed by atoms with Crippen LogP contribution in [0.2, 0.25) is 0 Å². The molecule has 0 spiro atoms. The van der Waals surface area contributed by atoms with Crippen LogP contribution in [0, 0.1) is 11.8 Å². The molecule has 1 rings (SSSR count). The van der Waals surface area contributed by atoms with E-state index in [1.807, 2.05) is 6.92 Å². The smallest absolute Gasteiger partial charge is 0.139 e. The van der Waals surface area contributed by atoms with E-state index in [1.165, 1.54) is 0 Å². The minimum Gasteiger partial charge on any atom is -0.392 e. The van der Waals surface area contributed by atoms with Crippen molar-refractivity contribution in [2.75, 3.05) is 13.2 Å². The van der Waals surface area contributed by atoms with Gasteiger partial charge >= 0.3 is 0 Å². The largest absolute Gasteiger partial charge is 0.392 e. The van der Waals surface area contributed by atoms with Crippen LogP contribution in [0.5, 0.6) is 0 Å². The summed E-state index contributed by atoms with van der Waals surface area (Å²) in [6.45, 7) is 12.2. The van der Waals surface area contributed by atoms with Crippen LogP contribution < -0.4 is 0 Å². The summed E-state index contributed by atoms with van der Waals surface area (Å²) in [5, 5.41) is 18.1. The number of carbonyl (C=O) groups is 1. The molecule has 0 aromatic carbocycles. The summed E-state index contributed by atoms with van der Waals surface area (Å²) in [5.41, 5.74) is 1.79. The first kappa shape index (κ1) is 22.1. The molecule has 0 aromatic rings. The van der Waals surface area contributed by atoms with E-state index >= 15 is 0 Å². The summed E-state index contributed by atoms with van der Waals surface area (Å²) in [4.78, 5) is 12.2. The second kappa shape index (κ2) is 10.2. The Morgan fingerprint density at radius 2 is 2.00 bits per heavy atom. The molecule has 0 aromatic heterocycles. The molecule has 0 bridgehead atoms. The summed E-state index contributed by atoms with van der Waals surface area (Å²) < 4.78 is 5.85. The Kier molecular flexibility index (Phi) is 9.04. The molecule has 144 valence electrons. The Morgan fingerprint density at radius 3 is 2.56 bits per heavy atom. The van der Waals surface area contributed by atoms with Gasteiger partial charge in [-0.05, 0) is 50.5 Å². The van der Waals surface area contributed by atoms with Gasteiger partial charge in [0.15, 0.2) is 0 Å². The molecule has 1 heterocycles. The van der Waals surface area contributed by atoms with Crippen molar-refractivity contribution in [1.82, 2.24) is 0 Å². The predicted octanol–water partition coefficient (Wildman–Crippen LogP) is 3.81. The molecule has 0 aliphatic carbocycles. The van der Waals surface area contributed by atoms with Crippen molar-refractivity contribution >= 4 is 5.78 Å². The lowest BCUT2D eigenvalue weighted by Crippen LogP contribution is -2.15. The molecule has 4 heteroatoms. The van der Waals surface area contributed by atoms with Crippen LogP contribution in [0.3, 0.4) is 0 Å². The lowest BCUT2D eigenvalue weighted by molar-refractivity contribution is -0.122. The minimum atomic E-state index is -0.0932. The van der Waals surface area contributed by atoms with Crippen molar-refractivity contribution in [2.45, 2.75) is 77.9 Å². The number of ether oxygens (including phenoxy) is 1. The van der Waals surface area contributed by atoms with Crippen LogP contribution in [0.4, 0.5) is 0 Å². The Morgan fingerprint density at radius 1 is 1.32 bits per heavy atom. The lowest BCUT2D eigenvalue weighted by atomic mass is 9.89. The molecule has 0 amide bonds. The standard InChI is InChI=1S/C21H36O4/c1-15(2)17(4)13-19(24)16(3)7-6-11-21(5)20(25-21)9-8-18(14-23)10-12-22/h10,15-16,20,22-23H,4,6-9,11-14H2,1-3,5H3/b18-10+/t16-,20+,21+/m1/s1. The van der Waals surface area contributed by atoms with Gasteiger partial charge in [0.25, 0.3) is 0 Å². The van der Waals surface area contributed by atoms with E-state index in [2.05, 4.69) is 27.4 Å². The zero-order valence-electron chi connectivity index (χ0n) is 16.4. The number of aliphatic hydroxyl groups is 2. The van der Waals surface area contributed by atoms with Gasteiger partial charge in [-0.2, -0.15) is 0 Å². The Balaban J connectivity index is 2.27. The van der Waals surface area contributed by atoms with Gasteiger partial charge < -0.3 is 14.9 Å². The van der Waals surface area contributed by atoms with E-state index in [0.29, 0.717) is 18.1 Å². The molecule has 0 unspecified atom stereocenters. The second-order valence-electron chi connectivity index (χ2n) is 7.91. The van der Waals surface area contributed by atoms with Crippen LogP contribution in [0.25, 0.3) is 0 Å². The fourth-order valence-electron chi connectivity index (χ4n) is 3.09. The molecule has 0 radical (unpaired) electrons. The zero-order chi connectivity index (χ0) is 19.0. The number of allylic oxidation sites excluding steroid dienone is 1. The molecule has 1 fully saturated rings. The molecule has 4 nitrogen and oxygen atoms in total. The molecule has 1 aliphatic heterocycles. The third kappa shape index (κ3) is 7.43. The lowest BCUT2D eigenvalue weighted by Gasteiger charge is -2.14. The molecule has 2 N–H and O–H groups in total. The summed E-state index contributed by atoms with van der Waals surface area (Å²) >= 11 is 0. The Bertz CT molecular complexity index is 480. The highest BCUT2D eigenvalue weighted by atomic mass is 16.6. The van der Waals surface area contributed by atoms with Crippen LogP contribution in [0.15, 0.2) is 23.8 Å². The van der Waals surface area contributed by atoms with E-state index in [-0.39, 0.29) is 30.8 Å². The predicted molar refractivity (Wildman–Crippen MR) is 101 cm³/mol. The van der Waals surface area contributed by atoms with Gasteiger partial charge in [-0.15, -0.1) is 0 Å². The molecular weight excluding hydrogens is 316 g/mol. The SMILES string of the molecule is C=C(CC(=O)[C@H](C)CCC[C@]1(C)O[C@H]1CC/C(=C\CO)CO)C(C)C.